The molecule has 4 aliphatic rings. The molecule has 0 aromatic carbocycles. The summed E-state index contributed by atoms with van der Waals surface area (Å²) in [5.74, 6) is -8.08. The van der Waals surface area contributed by atoms with E-state index in [2.05, 4.69) is 0 Å². The van der Waals surface area contributed by atoms with Gasteiger partial charge in [-0.1, -0.05) is 71.1 Å². The number of carbonyl (C=O) groups excluding carboxylic acids is 5. The number of hydrogen-bond donors (Lipinski definition) is 2. The number of cyclic esters (lactones) is 1. The first-order valence-corrected chi connectivity index (χ1v) is 27.7. The van der Waals surface area contributed by atoms with Gasteiger partial charge in [0.15, 0.2) is 18.9 Å². The lowest BCUT2D eigenvalue weighted by Gasteiger charge is -2.42. The van der Waals surface area contributed by atoms with Crippen molar-refractivity contribution >= 4 is 36.6 Å². The number of aliphatic hydroxyl groups is 2. The number of ketones is 3. The van der Waals surface area contributed by atoms with Crippen LogP contribution in [0.3, 0.4) is 0 Å². The van der Waals surface area contributed by atoms with Gasteiger partial charge in [0, 0.05) is 71.8 Å². The lowest BCUT2D eigenvalue weighted by atomic mass is 9.78. The number of fused-ring (bicyclic) bond motifs is 3. The van der Waals surface area contributed by atoms with E-state index in [0.29, 0.717) is 63.4 Å². The number of amides is 1. The quantitative estimate of drug-likeness (QED) is 0.136. The monoisotopic (exact) mass is 990 g/mol. The van der Waals surface area contributed by atoms with Gasteiger partial charge in [0.1, 0.15) is 18.2 Å². The van der Waals surface area contributed by atoms with E-state index in [9.17, 15) is 38.8 Å². The van der Waals surface area contributed by atoms with Gasteiger partial charge in [-0.05, 0) is 107 Å². The molecule has 1 saturated carbocycles. The van der Waals surface area contributed by atoms with Crippen LogP contribution in [-0.4, -0.2) is 140 Å². The van der Waals surface area contributed by atoms with E-state index in [0.717, 1.165) is 12.0 Å². The summed E-state index contributed by atoms with van der Waals surface area (Å²) in [5, 5.41) is 23.5. The first-order valence-electron chi connectivity index (χ1n) is 25.2. The Morgan fingerprint density at radius 2 is 1.58 bits per heavy atom. The molecule has 3 heterocycles. The van der Waals surface area contributed by atoms with Crippen LogP contribution in [0.2, 0.25) is 0 Å². The predicted octanol–water partition coefficient (Wildman–Crippen LogP) is 7.74. The molecule has 1 aliphatic carbocycles. The first kappa shape index (κ1) is 58.4. The second-order valence-corrected chi connectivity index (χ2v) is 23.6. The summed E-state index contributed by atoms with van der Waals surface area (Å²) in [6, 6.07) is -1.16. The van der Waals surface area contributed by atoms with E-state index < -0.39 is 85.1 Å². The highest BCUT2D eigenvalue weighted by Gasteiger charge is 2.53. The van der Waals surface area contributed by atoms with E-state index in [-0.39, 0.29) is 60.9 Å². The summed E-state index contributed by atoms with van der Waals surface area (Å²) >= 11 is 0. The van der Waals surface area contributed by atoms with Crippen LogP contribution < -0.4 is 0 Å². The molecule has 0 radical (unpaired) electrons. The van der Waals surface area contributed by atoms with Crippen LogP contribution >= 0.6 is 7.37 Å². The van der Waals surface area contributed by atoms with Crippen LogP contribution in [-0.2, 0) is 56.7 Å². The van der Waals surface area contributed by atoms with Crippen molar-refractivity contribution in [1.82, 2.24) is 4.90 Å². The molecule has 15 atom stereocenters. The predicted molar refractivity (Wildman–Crippen MR) is 263 cm³/mol. The van der Waals surface area contributed by atoms with Gasteiger partial charge in [-0.2, -0.15) is 0 Å². The second-order valence-electron chi connectivity index (χ2n) is 20.9. The lowest BCUT2D eigenvalue weighted by molar-refractivity contribution is -0.265. The third-order valence-electron chi connectivity index (χ3n) is 14.9. The molecule has 2 N–H and O–H groups in total. The number of esters is 1. The standard InChI is InChI=1S/C53H84NO14P/c1-32-18-14-13-15-19-33(2)44(63-8)30-40-23-21-38(7)53(61,67-40)50(58)51(59)54-25-17-16-20-41(54)52(60)66-45(35(4)28-39-22-24-43(46(29-39)64-9)68-69(11,12)62)31-42(55)34(3)27-37(6)48(57)49(65-10)47(56)36(5)26-32/h13-15,18-19,27,32,35-41,43-46,48-49,57,61H,16-17,20-26,28-31H2,1-12H3/b15-13?,18-14?,33-19?,34-27+/t32-,35-,36-,37?,38-,39?,40+,41+,43?,44+,45?,46-,48-,49+,53-/m1/s1. The van der Waals surface area contributed by atoms with Crippen LogP contribution in [0, 0.1) is 35.5 Å². The largest absolute Gasteiger partial charge is 0.460 e. The molecule has 3 fully saturated rings. The number of nitrogens with zero attached hydrogens (tertiary/aromatic N) is 1. The zero-order valence-corrected chi connectivity index (χ0v) is 44.3. The Morgan fingerprint density at radius 3 is 2.23 bits per heavy atom. The molecular formula is C53H84NO14P. The molecule has 4 rings (SSSR count). The van der Waals surface area contributed by atoms with Crippen LogP contribution in [0.25, 0.3) is 0 Å². The average Bonchev–Trinajstić information content (AvgIpc) is 3.30. The normalized spacial score (nSPS) is 37.3. The van der Waals surface area contributed by atoms with E-state index in [1.807, 2.05) is 58.1 Å². The summed E-state index contributed by atoms with van der Waals surface area (Å²) in [4.78, 5) is 72.2. The number of methoxy groups -OCH3 is 3. The SMILES string of the molecule is CO[C@H]1C[C@@H]2CC[C@@H](C)[C@@](O)(O2)C(=O)C(=O)N2CCCC[C@H]2C(=O)OC([C@H](C)CC2CCC(OP(C)(C)=O)[C@H](OC)C2)CC(=O)/C(C)=C/C(C)[C@@H](O)[C@@H](OC)C(=O)[C@H](C)C[C@H](C)C=CC=CC=C1C. The Bertz CT molecular complexity index is 1940. The van der Waals surface area contributed by atoms with Crippen molar-refractivity contribution in [3.63, 3.8) is 0 Å². The Balaban J connectivity index is 1.70. The minimum absolute atomic E-state index is 0.0144. The Morgan fingerprint density at radius 1 is 0.870 bits per heavy atom. The van der Waals surface area contributed by atoms with Crippen LogP contribution in [0.5, 0.6) is 0 Å². The van der Waals surface area contributed by atoms with Crippen molar-refractivity contribution < 1.29 is 67.0 Å². The van der Waals surface area contributed by atoms with Gasteiger partial charge in [0.05, 0.1) is 30.5 Å². The van der Waals surface area contributed by atoms with E-state index in [1.165, 1.54) is 12.0 Å². The Hall–Kier alpha value is -3.14. The number of aliphatic hydroxyl groups excluding tert-OH is 1. The summed E-state index contributed by atoms with van der Waals surface area (Å²) in [6.45, 7) is 15.9. The molecule has 2 saturated heterocycles. The molecule has 0 aromatic rings. The lowest BCUT2D eigenvalue weighted by Crippen LogP contribution is -2.61. The van der Waals surface area contributed by atoms with Crippen LogP contribution in [0.1, 0.15) is 126 Å². The molecule has 15 nitrogen and oxygen atoms in total. The maximum absolute atomic E-state index is 14.5. The summed E-state index contributed by atoms with van der Waals surface area (Å²) in [5.41, 5.74) is 1.18. The third kappa shape index (κ3) is 16.2. The molecule has 16 heteroatoms. The van der Waals surface area contributed by atoms with E-state index in [1.54, 1.807) is 54.4 Å². The van der Waals surface area contributed by atoms with Crippen molar-refractivity contribution in [1.29, 1.82) is 0 Å². The summed E-state index contributed by atoms with van der Waals surface area (Å²) < 4.78 is 48.2. The number of piperidine rings is 1. The Kier molecular flexibility index (Phi) is 22.5. The molecule has 1 amide bonds. The van der Waals surface area contributed by atoms with Gasteiger partial charge in [0.25, 0.3) is 11.7 Å². The van der Waals surface area contributed by atoms with Gasteiger partial charge < -0.3 is 43.3 Å². The maximum Gasteiger partial charge on any atom is 0.329 e. The zero-order valence-electron chi connectivity index (χ0n) is 43.4. The van der Waals surface area contributed by atoms with Gasteiger partial charge in [-0.15, -0.1) is 0 Å². The average molecular weight is 990 g/mol. The van der Waals surface area contributed by atoms with Crippen molar-refractivity contribution in [2.24, 2.45) is 35.5 Å². The number of rotatable bonds is 8. The maximum atomic E-state index is 14.5. The molecule has 0 spiro atoms. The molecular weight excluding hydrogens is 906 g/mol. The molecule has 69 heavy (non-hydrogen) atoms. The second kappa shape index (κ2) is 26.5. The topological polar surface area (TPSA) is 201 Å². The van der Waals surface area contributed by atoms with E-state index >= 15 is 0 Å². The van der Waals surface area contributed by atoms with Crippen molar-refractivity contribution in [3.8, 4) is 0 Å². The first-order chi connectivity index (χ1) is 32.4. The molecule has 2 bridgehead atoms. The van der Waals surface area contributed by atoms with Crippen LogP contribution in [0.15, 0.2) is 47.6 Å². The fraction of sp³-hybridized carbons (Fsp3) is 0.755. The molecule has 3 aliphatic heterocycles. The number of ether oxygens (including phenoxy) is 5. The minimum atomic E-state index is -2.79. The zero-order chi connectivity index (χ0) is 51.4. The molecule has 4 unspecified atom stereocenters. The van der Waals surface area contributed by atoms with Gasteiger partial charge in [-0.25, -0.2) is 4.79 Å². The third-order valence-corrected chi connectivity index (χ3v) is 15.6. The highest BCUT2D eigenvalue weighted by Crippen LogP contribution is 2.45. The van der Waals surface area contributed by atoms with Crippen molar-refractivity contribution in [3.05, 3.63) is 47.6 Å². The number of Topliss-reactive ketones (excluding diaryl/α,β-unsaturated/α-hetero) is 3. The molecule has 390 valence electrons. The van der Waals surface area contributed by atoms with Crippen LogP contribution in [0.4, 0.5) is 0 Å². The van der Waals surface area contributed by atoms with E-state index in [4.69, 9.17) is 28.2 Å². The number of carbonyl (C=O) groups is 5. The van der Waals surface area contributed by atoms with Crippen molar-refractivity contribution in [2.75, 3.05) is 41.2 Å². The molecule has 0 aromatic heterocycles. The fourth-order valence-corrected chi connectivity index (χ4v) is 11.5. The van der Waals surface area contributed by atoms with Gasteiger partial charge in [-0.3, -0.25) is 23.7 Å². The smallest absolute Gasteiger partial charge is 0.329 e. The number of hydrogen-bond acceptors (Lipinski definition) is 14. The minimum Gasteiger partial charge on any atom is -0.460 e. The van der Waals surface area contributed by atoms with Gasteiger partial charge >= 0.3 is 5.97 Å². The Labute approximate surface area is 411 Å². The summed E-state index contributed by atoms with van der Waals surface area (Å²) in [7, 11) is 1.76. The summed E-state index contributed by atoms with van der Waals surface area (Å²) in [6.07, 6.45) is 11.4. The van der Waals surface area contributed by atoms with Gasteiger partial charge in [0.2, 0.25) is 5.79 Å². The number of allylic oxidation sites excluding steroid dienone is 6. The highest BCUT2D eigenvalue weighted by molar-refractivity contribution is 7.57. The highest BCUT2D eigenvalue weighted by atomic mass is 31.2. The van der Waals surface area contributed by atoms with Crippen molar-refractivity contribution in [2.45, 2.75) is 180 Å². The fourth-order valence-electron chi connectivity index (χ4n) is 10.6.